The van der Waals surface area contributed by atoms with E-state index in [1.54, 1.807) is 17.8 Å². The monoisotopic (exact) mass is 307 g/mol. The summed E-state index contributed by atoms with van der Waals surface area (Å²) in [6.45, 7) is 3.86. The Morgan fingerprint density at radius 3 is 2.61 bits per heavy atom. The second-order valence-corrected chi connectivity index (χ2v) is 5.09. The van der Waals surface area contributed by atoms with Gasteiger partial charge in [0.05, 0.1) is 11.4 Å². The van der Waals surface area contributed by atoms with Crippen LogP contribution in [0.1, 0.15) is 21.7 Å². The molecule has 0 radical (unpaired) electrons. The van der Waals surface area contributed by atoms with Gasteiger partial charge in [0.2, 0.25) is 0 Å². The van der Waals surface area contributed by atoms with E-state index in [4.69, 9.17) is 0 Å². The Hall–Kier alpha value is -1.62. The molecule has 0 saturated heterocycles. The lowest BCUT2D eigenvalue weighted by molar-refractivity contribution is 0.101. The van der Waals surface area contributed by atoms with Gasteiger partial charge in [-0.15, -0.1) is 0 Å². The molecule has 0 aliphatic carbocycles. The Balaban J connectivity index is 2.24. The van der Waals surface area contributed by atoms with Gasteiger partial charge in [0.25, 0.3) is 5.91 Å². The molecule has 0 saturated carbocycles. The number of hydrogen-bond donors (Lipinski definition) is 1. The number of anilines is 1. The van der Waals surface area contributed by atoms with E-state index in [1.165, 1.54) is 0 Å². The van der Waals surface area contributed by atoms with Crippen LogP contribution in [0.2, 0.25) is 0 Å². The molecule has 0 bridgehead atoms. The first-order chi connectivity index (χ1) is 8.47. The zero-order valence-electron chi connectivity index (χ0n) is 10.5. The third-order valence-corrected chi connectivity index (χ3v) is 3.26. The van der Waals surface area contributed by atoms with Gasteiger partial charge in [-0.25, -0.2) is 0 Å². The van der Waals surface area contributed by atoms with Crippen LogP contribution in [0.3, 0.4) is 0 Å². The minimum absolute atomic E-state index is 0.164. The molecule has 0 aliphatic heterocycles. The molecule has 1 amide bonds. The molecule has 5 heteroatoms. The summed E-state index contributed by atoms with van der Waals surface area (Å²) < 4.78 is 2.45. The van der Waals surface area contributed by atoms with Gasteiger partial charge in [-0.1, -0.05) is 6.07 Å². The molecule has 0 unspecified atom stereocenters. The second-order valence-electron chi connectivity index (χ2n) is 4.23. The molecule has 18 heavy (non-hydrogen) atoms. The number of nitrogens with one attached hydrogen (secondary N) is 1. The number of halogens is 1. The lowest BCUT2D eigenvalue weighted by Gasteiger charge is -2.08. The molecule has 0 spiro atoms. The van der Waals surface area contributed by atoms with E-state index in [9.17, 15) is 4.79 Å². The maximum atomic E-state index is 12.1. The van der Waals surface area contributed by atoms with Crippen molar-refractivity contribution < 1.29 is 4.79 Å². The van der Waals surface area contributed by atoms with Gasteiger partial charge < -0.3 is 5.32 Å². The summed E-state index contributed by atoms with van der Waals surface area (Å²) >= 11 is 3.43. The number of carbonyl (C=O) groups is 1. The normalized spacial score (nSPS) is 10.4. The van der Waals surface area contributed by atoms with Crippen molar-refractivity contribution in [3.8, 4) is 0 Å². The minimum Gasteiger partial charge on any atom is -0.320 e. The first-order valence-electron chi connectivity index (χ1n) is 5.55. The lowest BCUT2D eigenvalue weighted by atomic mass is 10.2. The van der Waals surface area contributed by atoms with Crippen molar-refractivity contribution in [2.75, 3.05) is 5.32 Å². The van der Waals surface area contributed by atoms with Gasteiger partial charge in [0.15, 0.2) is 0 Å². The van der Waals surface area contributed by atoms with Crippen molar-refractivity contribution >= 4 is 27.5 Å². The summed E-state index contributed by atoms with van der Waals surface area (Å²) in [4.78, 5) is 12.1. The number of aryl methyl sites for hydroxylation is 3. The van der Waals surface area contributed by atoms with Gasteiger partial charge in [0.1, 0.15) is 5.69 Å². The smallest absolute Gasteiger partial charge is 0.273 e. The highest BCUT2D eigenvalue weighted by molar-refractivity contribution is 9.10. The zero-order valence-corrected chi connectivity index (χ0v) is 12.1. The Labute approximate surface area is 114 Å². The van der Waals surface area contributed by atoms with Crippen LogP contribution in [-0.2, 0) is 7.05 Å². The number of nitrogens with zero attached hydrogens (tertiary/aromatic N) is 2. The van der Waals surface area contributed by atoms with Crippen molar-refractivity contribution in [2.45, 2.75) is 13.8 Å². The lowest BCUT2D eigenvalue weighted by Crippen LogP contribution is -2.16. The molecule has 0 atom stereocenters. The summed E-state index contributed by atoms with van der Waals surface area (Å²) in [5.41, 5.74) is 3.26. The second kappa shape index (κ2) is 4.94. The number of amides is 1. The van der Waals surface area contributed by atoms with Crippen LogP contribution in [0.4, 0.5) is 5.69 Å². The molecule has 1 N–H and O–H groups in total. The molecule has 2 rings (SSSR count). The van der Waals surface area contributed by atoms with Crippen LogP contribution in [0, 0.1) is 13.8 Å². The predicted molar refractivity (Wildman–Crippen MR) is 74.8 cm³/mol. The van der Waals surface area contributed by atoms with Crippen molar-refractivity contribution in [1.29, 1.82) is 0 Å². The molecule has 1 aromatic carbocycles. The van der Waals surface area contributed by atoms with E-state index in [1.807, 2.05) is 32.0 Å². The van der Waals surface area contributed by atoms with Crippen LogP contribution in [0.5, 0.6) is 0 Å². The van der Waals surface area contributed by atoms with Gasteiger partial charge in [-0.3, -0.25) is 9.48 Å². The van der Waals surface area contributed by atoms with Crippen LogP contribution >= 0.6 is 15.9 Å². The largest absolute Gasteiger partial charge is 0.320 e. The molecule has 4 nitrogen and oxygen atoms in total. The third kappa shape index (κ3) is 2.61. The third-order valence-electron chi connectivity index (χ3n) is 2.61. The maximum Gasteiger partial charge on any atom is 0.273 e. The van der Waals surface area contributed by atoms with Crippen LogP contribution in [0.25, 0.3) is 0 Å². The predicted octanol–water partition coefficient (Wildman–Crippen LogP) is 3.05. The minimum atomic E-state index is -0.164. The molecular weight excluding hydrogens is 294 g/mol. The topological polar surface area (TPSA) is 46.9 Å². The highest BCUT2D eigenvalue weighted by Crippen LogP contribution is 2.23. The fourth-order valence-electron chi connectivity index (χ4n) is 1.73. The molecular formula is C13H14BrN3O. The van der Waals surface area contributed by atoms with Crippen molar-refractivity contribution in [3.05, 3.63) is 45.7 Å². The van der Waals surface area contributed by atoms with Crippen molar-refractivity contribution in [1.82, 2.24) is 9.78 Å². The molecule has 1 heterocycles. The van der Waals surface area contributed by atoms with E-state index >= 15 is 0 Å². The van der Waals surface area contributed by atoms with Crippen LogP contribution in [-0.4, -0.2) is 15.7 Å². The first-order valence-corrected chi connectivity index (χ1v) is 6.35. The SMILES string of the molecule is Cc1ccc(NC(=O)c2cc(C)nn2C)c(Br)c1. The quantitative estimate of drug-likeness (QED) is 0.927. The first kappa shape index (κ1) is 12.8. The summed E-state index contributed by atoms with van der Waals surface area (Å²) in [7, 11) is 1.76. The summed E-state index contributed by atoms with van der Waals surface area (Å²) in [5.74, 6) is -0.164. The van der Waals surface area contributed by atoms with E-state index in [0.29, 0.717) is 5.69 Å². The summed E-state index contributed by atoms with van der Waals surface area (Å²) in [6, 6.07) is 7.55. The Morgan fingerprint density at radius 1 is 1.33 bits per heavy atom. The number of carbonyl (C=O) groups excluding carboxylic acids is 1. The van der Waals surface area contributed by atoms with E-state index in [0.717, 1.165) is 21.4 Å². The number of hydrogen-bond acceptors (Lipinski definition) is 2. The molecule has 0 aliphatic rings. The molecule has 94 valence electrons. The zero-order chi connectivity index (χ0) is 13.3. The fraction of sp³-hybridized carbons (Fsp3) is 0.231. The maximum absolute atomic E-state index is 12.1. The number of benzene rings is 1. The highest BCUT2D eigenvalue weighted by atomic mass is 79.9. The van der Waals surface area contributed by atoms with Gasteiger partial charge >= 0.3 is 0 Å². The highest BCUT2D eigenvalue weighted by Gasteiger charge is 2.13. The van der Waals surface area contributed by atoms with Gasteiger partial charge in [-0.2, -0.15) is 5.10 Å². The Morgan fingerprint density at radius 2 is 2.06 bits per heavy atom. The summed E-state index contributed by atoms with van der Waals surface area (Å²) in [6.07, 6.45) is 0. The van der Waals surface area contributed by atoms with Gasteiger partial charge in [0, 0.05) is 11.5 Å². The Kier molecular flexibility index (Phi) is 3.52. The average molecular weight is 308 g/mol. The van der Waals surface area contributed by atoms with E-state index in [2.05, 4.69) is 26.3 Å². The molecule has 0 fully saturated rings. The van der Waals surface area contributed by atoms with E-state index < -0.39 is 0 Å². The van der Waals surface area contributed by atoms with E-state index in [-0.39, 0.29) is 5.91 Å². The number of rotatable bonds is 2. The molecule has 2 aromatic rings. The van der Waals surface area contributed by atoms with Gasteiger partial charge in [-0.05, 0) is 53.5 Å². The Bertz CT molecular complexity index is 604. The van der Waals surface area contributed by atoms with Crippen LogP contribution in [0.15, 0.2) is 28.7 Å². The summed E-state index contributed by atoms with van der Waals surface area (Å²) in [5, 5.41) is 7.02. The van der Waals surface area contributed by atoms with Crippen molar-refractivity contribution in [2.24, 2.45) is 7.05 Å². The van der Waals surface area contributed by atoms with Crippen LogP contribution < -0.4 is 5.32 Å². The fourth-order valence-corrected chi connectivity index (χ4v) is 2.32. The standard InChI is InChI=1S/C13H14BrN3O/c1-8-4-5-11(10(14)6-8)15-13(18)12-7-9(2)16-17(12)3/h4-7H,1-3H3,(H,15,18). The molecule has 1 aromatic heterocycles. The van der Waals surface area contributed by atoms with Crippen molar-refractivity contribution in [3.63, 3.8) is 0 Å². The average Bonchev–Trinajstić information content (AvgIpc) is 2.62. The number of aromatic nitrogens is 2.